The molecule has 0 amide bonds. The maximum absolute atomic E-state index is 11.7. The van der Waals surface area contributed by atoms with Crippen molar-refractivity contribution in [3.8, 4) is 16.2 Å². The summed E-state index contributed by atoms with van der Waals surface area (Å²) in [6.45, 7) is 5.83. The summed E-state index contributed by atoms with van der Waals surface area (Å²) in [7, 11) is 0. The van der Waals surface area contributed by atoms with E-state index in [1.807, 2.05) is 41.7 Å². The Bertz CT molecular complexity index is 611. The number of allylic oxidation sites excluding steroid dienone is 1. The van der Waals surface area contributed by atoms with Gasteiger partial charge in [-0.1, -0.05) is 19.4 Å². The van der Waals surface area contributed by atoms with E-state index >= 15 is 0 Å². The van der Waals surface area contributed by atoms with Gasteiger partial charge in [0, 0.05) is 16.2 Å². The van der Waals surface area contributed by atoms with Gasteiger partial charge in [0.05, 0.1) is 0 Å². The fourth-order valence-corrected chi connectivity index (χ4v) is 3.29. The molecule has 2 rings (SSSR count). The first-order valence-corrected chi connectivity index (χ1v) is 8.55. The van der Waals surface area contributed by atoms with E-state index in [-0.39, 0.29) is 5.97 Å². The van der Waals surface area contributed by atoms with Gasteiger partial charge in [0.25, 0.3) is 0 Å². The Morgan fingerprint density at radius 1 is 1.23 bits per heavy atom. The van der Waals surface area contributed by atoms with E-state index < -0.39 is 0 Å². The molecule has 0 aliphatic carbocycles. The van der Waals surface area contributed by atoms with Gasteiger partial charge in [0.15, 0.2) is 0 Å². The van der Waals surface area contributed by atoms with Crippen molar-refractivity contribution in [1.29, 1.82) is 0 Å². The summed E-state index contributed by atoms with van der Waals surface area (Å²) in [5, 5.41) is 0. The van der Waals surface area contributed by atoms with Crippen molar-refractivity contribution in [3.63, 3.8) is 0 Å². The van der Waals surface area contributed by atoms with Gasteiger partial charge in [-0.15, -0.1) is 17.9 Å². The van der Waals surface area contributed by atoms with E-state index in [1.54, 1.807) is 0 Å². The average Bonchev–Trinajstić information content (AvgIpc) is 2.97. The highest BCUT2D eigenvalue weighted by molar-refractivity contribution is 7.15. The summed E-state index contributed by atoms with van der Waals surface area (Å²) in [5.41, 5.74) is 1.17. The molecule has 22 heavy (non-hydrogen) atoms. The summed E-state index contributed by atoms with van der Waals surface area (Å²) in [6.07, 6.45) is 6.17. The molecule has 1 heterocycles. The standard InChI is InChI=1S/C19H22O2S/c1-3-5-6-8-19(20)21-16-11-9-15(10-12-16)18-14-13-17(22-18)7-4-2/h3,9-14H,1,4-8H2,2H3. The molecule has 3 heteroatoms. The first kappa shape index (κ1) is 16.5. The maximum atomic E-state index is 11.7. The number of rotatable bonds is 8. The molecular weight excluding hydrogens is 292 g/mol. The van der Waals surface area contributed by atoms with Crippen molar-refractivity contribution in [2.75, 3.05) is 0 Å². The molecule has 2 aromatic rings. The Morgan fingerprint density at radius 3 is 2.68 bits per heavy atom. The first-order chi connectivity index (χ1) is 10.7. The van der Waals surface area contributed by atoms with Crippen molar-refractivity contribution in [2.24, 2.45) is 0 Å². The Hall–Kier alpha value is -1.87. The zero-order chi connectivity index (χ0) is 15.8. The van der Waals surface area contributed by atoms with Crippen LogP contribution in [0.2, 0.25) is 0 Å². The molecule has 0 saturated carbocycles. The van der Waals surface area contributed by atoms with Crippen LogP contribution in [0, 0.1) is 0 Å². The van der Waals surface area contributed by atoms with Crippen molar-refractivity contribution in [1.82, 2.24) is 0 Å². The van der Waals surface area contributed by atoms with Gasteiger partial charge in [-0.3, -0.25) is 4.79 Å². The van der Waals surface area contributed by atoms with E-state index in [9.17, 15) is 4.79 Å². The molecule has 0 spiro atoms. The lowest BCUT2D eigenvalue weighted by Gasteiger charge is -2.04. The molecule has 2 nitrogen and oxygen atoms in total. The number of aryl methyl sites for hydroxylation is 1. The van der Waals surface area contributed by atoms with Crippen molar-refractivity contribution < 1.29 is 9.53 Å². The summed E-state index contributed by atoms with van der Waals surface area (Å²) >= 11 is 1.83. The molecule has 1 aromatic heterocycles. The Labute approximate surface area is 136 Å². The third-order valence-corrected chi connectivity index (χ3v) is 4.51. The number of hydrogen-bond acceptors (Lipinski definition) is 3. The summed E-state index contributed by atoms with van der Waals surface area (Å²) in [6, 6.07) is 12.1. The van der Waals surface area contributed by atoms with Crippen LogP contribution in [0.25, 0.3) is 10.4 Å². The van der Waals surface area contributed by atoms with Gasteiger partial charge in [0.1, 0.15) is 5.75 Å². The lowest BCUT2D eigenvalue weighted by Crippen LogP contribution is -2.07. The number of benzene rings is 1. The molecule has 1 aromatic carbocycles. The molecule has 0 unspecified atom stereocenters. The molecule has 0 atom stereocenters. The van der Waals surface area contributed by atoms with Crippen molar-refractivity contribution in [2.45, 2.75) is 39.0 Å². The molecule has 0 fully saturated rings. The van der Waals surface area contributed by atoms with Crippen LogP contribution < -0.4 is 4.74 Å². The smallest absolute Gasteiger partial charge is 0.311 e. The quantitative estimate of drug-likeness (QED) is 0.273. The third kappa shape index (κ3) is 4.85. The SMILES string of the molecule is C=CCCCC(=O)Oc1ccc(-c2ccc(CCC)s2)cc1. The fourth-order valence-electron chi connectivity index (χ4n) is 2.17. The topological polar surface area (TPSA) is 26.3 Å². The average molecular weight is 314 g/mol. The minimum atomic E-state index is -0.184. The maximum Gasteiger partial charge on any atom is 0.311 e. The van der Waals surface area contributed by atoms with Gasteiger partial charge in [-0.05, 0) is 61.2 Å². The van der Waals surface area contributed by atoms with Crippen LogP contribution in [-0.4, -0.2) is 5.97 Å². The molecule has 0 radical (unpaired) electrons. The van der Waals surface area contributed by atoms with Crippen LogP contribution in [-0.2, 0) is 11.2 Å². The van der Waals surface area contributed by atoms with Crippen molar-refractivity contribution >= 4 is 17.3 Å². The number of carbonyl (C=O) groups is 1. The zero-order valence-corrected chi connectivity index (χ0v) is 13.8. The number of unbranched alkanes of at least 4 members (excludes halogenated alkanes) is 1. The summed E-state index contributed by atoms with van der Waals surface area (Å²) in [4.78, 5) is 14.3. The highest BCUT2D eigenvalue weighted by atomic mass is 32.1. The molecule has 0 bridgehead atoms. The van der Waals surface area contributed by atoms with Crippen molar-refractivity contribution in [3.05, 3.63) is 53.9 Å². The van der Waals surface area contributed by atoms with Crippen LogP contribution in [0.3, 0.4) is 0 Å². The Morgan fingerprint density at radius 2 is 2.00 bits per heavy atom. The van der Waals surface area contributed by atoms with E-state index in [2.05, 4.69) is 25.6 Å². The Balaban J connectivity index is 1.94. The van der Waals surface area contributed by atoms with E-state index in [0.29, 0.717) is 12.2 Å². The monoisotopic (exact) mass is 314 g/mol. The van der Waals surface area contributed by atoms with Crippen LogP contribution >= 0.6 is 11.3 Å². The molecular formula is C19H22O2S. The largest absolute Gasteiger partial charge is 0.427 e. The van der Waals surface area contributed by atoms with Gasteiger partial charge < -0.3 is 4.74 Å². The molecule has 0 N–H and O–H groups in total. The van der Waals surface area contributed by atoms with Crippen LogP contribution in [0.5, 0.6) is 5.75 Å². The lowest BCUT2D eigenvalue weighted by atomic mass is 10.2. The van der Waals surface area contributed by atoms with Gasteiger partial charge in [-0.2, -0.15) is 0 Å². The second-order valence-electron chi connectivity index (χ2n) is 5.20. The number of hydrogen-bond donors (Lipinski definition) is 0. The molecule has 0 aliphatic heterocycles. The molecule has 0 saturated heterocycles. The lowest BCUT2D eigenvalue weighted by molar-refractivity contribution is -0.134. The predicted octanol–water partition coefficient (Wildman–Crippen LogP) is 5.63. The minimum absolute atomic E-state index is 0.184. The molecule has 116 valence electrons. The van der Waals surface area contributed by atoms with E-state index in [4.69, 9.17) is 4.74 Å². The van der Waals surface area contributed by atoms with Crippen LogP contribution in [0.1, 0.15) is 37.5 Å². The van der Waals surface area contributed by atoms with Gasteiger partial charge in [0.2, 0.25) is 0 Å². The predicted molar refractivity (Wildman–Crippen MR) is 93.4 cm³/mol. The number of carbonyl (C=O) groups excluding carboxylic acids is 1. The zero-order valence-electron chi connectivity index (χ0n) is 13.0. The van der Waals surface area contributed by atoms with E-state index in [0.717, 1.165) is 19.3 Å². The fraction of sp³-hybridized carbons (Fsp3) is 0.316. The van der Waals surface area contributed by atoms with E-state index in [1.165, 1.54) is 21.7 Å². The second kappa shape index (κ2) is 8.54. The van der Waals surface area contributed by atoms with Crippen LogP contribution in [0.15, 0.2) is 49.1 Å². The molecule has 0 aliphatic rings. The number of thiophene rings is 1. The summed E-state index contributed by atoms with van der Waals surface area (Å²) in [5.74, 6) is 0.425. The summed E-state index contributed by atoms with van der Waals surface area (Å²) < 4.78 is 5.33. The second-order valence-corrected chi connectivity index (χ2v) is 6.36. The van der Waals surface area contributed by atoms with Gasteiger partial charge in [-0.25, -0.2) is 0 Å². The normalized spacial score (nSPS) is 10.4. The Kier molecular flexibility index (Phi) is 6.41. The van der Waals surface area contributed by atoms with Gasteiger partial charge >= 0.3 is 5.97 Å². The number of esters is 1. The third-order valence-electron chi connectivity index (χ3n) is 3.32. The number of ether oxygens (including phenoxy) is 1. The van der Waals surface area contributed by atoms with Crippen LogP contribution in [0.4, 0.5) is 0 Å². The highest BCUT2D eigenvalue weighted by Crippen LogP contribution is 2.30. The highest BCUT2D eigenvalue weighted by Gasteiger charge is 2.06. The minimum Gasteiger partial charge on any atom is -0.427 e. The first-order valence-electron chi connectivity index (χ1n) is 7.73.